The monoisotopic (exact) mass is 434 g/mol. The van der Waals surface area contributed by atoms with Crippen molar-refractivity contribution >= 4 is 39.7 Å². The summed E-state index contributed by atoms with van der Waals surface area (Å²) >= 11 is 1.24. The normalized spacial score (nSPS) is 10.9. The van der Waals surface area contributed by atoms with Crippen LogP contribution in [0.4, 0.5) is 5.69 Å². The van der Waals surface area contributed by atoms with Crippen molar-refractivity contribution in [3.05, 3.63) is 60.0 Å². The van der Waals surface area contributed by atoms with E-state index in [4.69, 9.17) is 0 Å². The van der Waals surface area contributed by atoms with E-state index in [1.54, 1.807) is 18.5 Å². The molecule has 3 heterocycles. The average molecular weight is 435 g/mol. The van der Waals surface area contributed by atoms with Gasteiger partial charge in [-0.1, -0.05) is 0 Å². The van der Waals surface area contributed by atoms with E-state index in [2.05, 4.69) is 20.3 Å². The third kappa shape index (κ3) is 4.46. The predicted molar refractivity (Wildman–Crippen MR) is 121 cm³/mol. The van der Waals surface area contributed by atoms with Gasteiger partial charge in [0.15, 0.2) is 10.8 Å². The number of aromatic nitrogens is 4. The van der Waals surface area contributed by atoms with Gasteiger partial charge in [-0.05, 0) is 44.2 Å². The average Bonchev–Trinajstić information content (AvgIpc) is 3.43. The fourth-order valence-electron chi connectivity index (χ4n) is 3.32. The molecule has 0 bridgehead atoms. The number of hydrogen-bond acceptors (Lipinski definition) is 6. The van der Waals surface area contributed by atoms with E-state index >= 15 is 0 Å². The molecule has 1 aromatic carbocycles. The minimum absolute atomic E-state index is 0.0864. The lowest BCUT2D eigenvalue weighted by molar-refractivity contribution is -0.131. The van der Waals surface area contributed by atoms with Crippen molar-refractivity contribution in [2.45, 2.75) is 20.4 Å². The molecule has 0 fully saturated rings. The summed E-state index contributed by atoms with van der Waals surface area (Å²) in [5.41, 5.74) is 1.62. The molecular formula is C22H22N6O2S. The van der Waals surface area contributed by atoms with Crippen LogP contribution in [0.3, 0.4) is 0 Å². The Morgan fingerprint density at radius 1 is 1.10 bits per heavy atom. The standard InChI is InChI=1S/C22H22N6O2S/c1-3-27(4-2)19(29)14-28-11-8-15-12-16(6-7-17(15)28)26-21(30)18-13-25-22(31-18)20-23-9-5-10-24-20/h5-13H,3-4,14H2,1-2H3,(H,26,30). The maximum Gasteiger partial charge on any atom is 0.267 e. The van der Waals surface area contributed by atoms with Crippen molar-refractivity contribution in [3.8, 4) is 10.8 Å². The van der Waals surface area contributed by atoms with Crippen LogP contribution in [0.25, 0.3) is 21.7 Å². The van der Waals surface area contributed by atoms with Gasteiger partial charge in [0.05, 0.1) is 6.20 Å². The highest BCUT2D eigenvalue weighted by molar-refractivity contribution is 7.16. The molecule has 1 N–H and O–H groups in total. The van der Waals surface area contributed by atoms with Crippen molar-refractivity contribution in [1.82, 2.24) is 24.4 Å². The number of thiazole rings is 1. The second-order valence-electron chi connectivity index (χ2n) is 6.84. The van der Waals surface area contributed by atoms with Crippen molar-refractivity contribution in [2.24, 2.45) is 0 Å². The SMILES string of the molecule is CCN(CC)C(=O)Cn1ccc2cc(NC(=O)c3cnc(-c4ncccn4)s3)ccc21. The van der Waals surface area contributed by atoms with Crippen molar-refractivity contribution in [3.63, 3.8) is 0 Å². The Kier molecular flexibility index (Phi) is 6.03. The van der Waals surface area contributed by atoms with Gasteiger partial charge in [0, 0.05) is 48.3 Å². The number of likely N-dealkylation sites (N-methyl/N-ethyl adjacent to an activating group) is 1. The fraction of sp³-hybridized carbons (Fsp3) is 0.227. The molecule has 9 heteroatoms. The summed E-state index contributed by atoms with van der Waals surface area (Å²) in [6.07, 6.45) is 6.70. The topological polar surface area (TPSA) is 93.0 Å². The van der Waals surface area contributed by atoms with Gasteiger partial charge in [0.2, 0.25) is 5.91 Å². The molecule has 158 valence electrons. The number of rotatable bonds is 7. The van der Waals surface area contributed by atoms with E-state index in [1.165, 1.54) is 17.5 Å². The van der Waals surface area contributed by atoms with E-state index in [-0.39, 0.29) is 11.8 Å². The molecular weight excluding hydrogens is 412 g/mol. The first-order valence-electron chi connectivity index (χ1n) is 10.00. The zero-order valence-electron chi connectivity index (χ0n) is 17.3. The van der Waals surface area contributed by atoms with Gasteiger partial charge in [0.25, 0.3) is 5.91 Å². The maximum atomic E-state index is 12.6. The van der Waals surface area contributed by atoms with E-state index in [0.29, 0.717) is 41.0 Å². The molecule has 31 heavy (non-hydrogen) atoms. The molecule has 4 aromatic rings. The molecule has 0 saturated carbocycles. The highest BCUT2D eigenvalue weighted by Crippen LogP contribution is 2.24. The quantitative estimate of drug-likeness (QED) is 0.479. The zero-order valence-corrected chi connectivity index (χ0v) is 18.1. The molecule has 2 amide bonds. The number of nitrogens with one attached hydrogen (secondary N) is 1. The number of nitrogens with zero attached hydrogens (tertiary/aromatic N) is 5. The summed E-state index contributed by atoms with van der Waals surface area (Å²) in [5.74, 6) is 0.340. The summed E-state index contributed by atoms with van der Waals surface area (Å²) in [5, 5.41) is 4.45. The lowest BCUT2D eigenvalue weighted by Gasteiger charge is -2.19. The zero-order chi connectivity index (χ0) is 21.8. The second kappa shape index (κ2) is 9.05. The number of anilines is 1. The summed E-state index contributed by atoms with van der Waals surface area (Å²) in [6, 6.07) is 9.32. The van der Waals surface area contributed by atoms with Crippen LogP contribution >= 0.6 is 11.3 Å². The molecule has 3 aromatic heterocycles. The molecule has 0 atom stereocenters. The van der Waals surface area contributed by atoms with E-state index < -0.39 is 0 Å². The molecule has 4 rings (SSSR count). The minimum atomic E-state index is -0.241. The second-order valence-corrected chi connectivity index (χ2v) is 7.87. The molecule has 0 saturated heterocycles. The minimum Gasteiger partial charge on any atom is -0.342 e. The highest BCUT2D eigenvalue weighted by atomic mass is 32.1. The van der Waals surface area contributed by atoms with E-state index in [1.807, 2.05) is 53.8 Å². The van der Waals surface area contributed by atoms with Gasteiger partial charge in [-0.15, -0.1) is 11.3 Å². The number of carbonyl (C=O) groups excluding carboxylic acids is 2. The van der Waals surface area contributed by atoms with Crippen LogP contribution in [0, 0.1) is 0 Å². The van der Waals surface area contributed by atoms with Gasteiger partial charge in [-0.3, -0.25) is 9.59 Å². The molecule has 0 aliphatic heterocycles. The third-order valence-corrected chi connectivity index (χ3v) is 5.93. The number of hydrogen-bond donors (Lipinski definition) is 1. The Labute approximate surface area is 183 Å². The lowest BCUT2D eigenvalue weighted by Crippen LogP contribution is -2.33. The van der Waals surface area contributed by atoms with Crippen LogP contribution in [0.2, 0.25) is 0 Å². The number of benzene rings is 1. The van der Waals surface area contributed by atoms with Crippen molar-refractivity contribution < 1.29 is 9.59 Å². The Balaban J connectivity index is 1.48. The predicted octanol–water partition coefficient (Wildman–Crippen LogP) is 3.68. The molecule has 0 radical (unpaired) electrons. The Hall–Kier alpha value is -3.59. The van der Waals surface area contributed by atoms with Gasteiger partial charge in [-0.25, -0.2) is 15.0 Å². The summed E-state index contributed by atoms with van der Waals surface area (Å²) in [6.45, 7) is 5.63. The smallest absolute Gasteiger partial charge is 0.267 e. The third-order valence-electron chi connectivity index (χ3n) is 4.94. The van der Waals surface area contributed by atoms with Crippen LogP contribution in [0.15, 0.2) is 55.1 Å². The van der Waals surface area contributed by atoms with Gasteiger partial charge >= 0.3 is 0 Å². The van der Waals surface area contributed by atoms with Gasteiger partial charge in [0.1, 0.15) is 11.4 Å². The fourth-order valence-corrected chi connectivity index (χ4v) is 4.08. The Morgan fingerprint density at radius 3 is 2.61 bits per heavy atom. The number of amides is 2. The lowest BCUT2D eigenvalue weighted by atomic mass is 10.2. The maximum absolute atomic E-state index is 12.6. The number of fused-ring (bicyclic) bond motifs is 1. The van der Waals surface area contributed by atoms with Crippen molar-refractivity contribution in [1.29, 1.82) is 0 Å². The Bertz CT molecular complexity index is 1210. The van der Waals surface area contributed by atoms with Crippen LogP contribution in [-0.4, -0.2) is 49.3 Å². The Morgan fingerprint density at radius 2 is 1.87 bits per heavy atom. The van der Waals surface area contributed by atoms with Gasteiger partial charge < -0.3 is 14.8 Å². The molecule has 0 aliphatic carbocycles. The molecule has 0 aliphatic rings. The largest absolute Gasteiger partial charge is 0.342 e. The molecule has 0 unspecified atom stereocenters. The van der Waals surface area contributed by atoms with Gasteiger partial charge in [-0.2, -0.15) is 0 Å². The van der Waals surface area contributed by atoms with Crippen molar-refractivity contribution in [2.75, 3.05) is 18.4 Å². The number of carbonyl (C=O) groups is 2. The van der Waals surface area contributed by atoms with Crippen LogP contribution < -0.4 is 5.32 Å². The van der Waals surface area contributed by atoms with Crippen LogP contribution in [0.5, 0.6) is 0 Å². The van der Waals surface area contributed by atoms with E-state index in [9.17, 15) is 9.59 Å². The molecule has 8 nitrogen and oxygen atoms in total. The first-order chi connectivity index (χ1) is 15.1. The van der Waals surface area contributed by atoms with E-state index in [0.717, 1.165) is 10.9 Å². The van der Waals surface area contributed by atoms with Crippen LogP contribution in [0.1, 0.15) is 23.5 Å². The highest BCUT2D eigenvalue weighted by Gasteiger charge is 2.15. The first kappa shape index (κ1) is 20.7. The van der Waals surface area contributed by atoms with Crippen LogP contribution in [-0.2, 0) is 11.3 Å². The molecule has 0 spiro atoms. The first-order valence-corrected chi connectivity index (χ1v) is 10.8. The summed E-state index contributed by atoms with van der Waals surface area (Å²) in [4.78, 5) is 39.9. The summed E-state index contributed by atoms with van der Waals surface area (Å²) < 4.78 is 1.93. The summed E-state index contributed by atoms with van der Waals surface area (Å²) in [7, 11) is 0.